The van der Waals surface area contributed by atoms with E-state index < -0.39 is 40.9 Å². The van der Waals surface area contributed by atoms with E-state index in [1.54, 1.807) is 7.11 Å². The molecule has 0 aromatic heterocycles. The Morgan fingerprint density at radius 1 is 0.762 bits per heavy atom. The lowest BCUT2D eigenvalue weighted by molar-refractivity contribution is 0.320. The van der Waals surface area contributed by atoms with E-state index in [4.69, 9.17) is 12.7 Å². The van der Waals surface area contributed by atoms with Crippen molar-refractivity contribution in [3.8, 4) is 0 Å². The van der Waals surface area contributed by atoms with Crippen LogP contribution in [0.2, 0.25) is 71.1 Å². The molecule has 0 rings (SSSR count). The molecule has 0 spiro atoms. The molecule has 2 unspecified atom stereocenters. The summed E-state index contributed by atoms with van der Waals surface area (Å²) in [5, 5.41) is 0. The normalized spacial score (nSPS) is 20.0. The Morgan fingerprint density at radius 2 is 1.19 bits per heavy atom. The van der Waals surface area contributed by atoms with Crippen LogP contribution in [-0.4, -0.2) is 52.8 Å². The predicted molar refractivity (Wildman–Crippen MR) is 104 cm³/mol. The molecule has 0 bridgehead atoms. The summed E-state index contributed by atoms with van der Waals surface area (Å²) in [4.78, 5) is 10.9. The van der Waals surface area contributed by atoms with Crippen molar-refractivity contribution in [1.82, 2.24) is 0 Å². The van der Waals surface area contributed by atoms with Gasteiger partial charge < -0.3 is 17.5 Å². The van der Waals surface area contributed by atoms with Crippen LogP contribution in [0, 0.1) is 0 Å². The minimum atomic E-state index is -2.77. The smallest absolute Gasteiger partial charge is 0.322 e. The molecule has 0 fully saturated rings. The van der Waals surface area contributed by atoms with Crippen LogP contribution in [0.5, 0.6) is 0 Å². The first-order valence-electron chi connectivity index (χ1n) is 7.61. The van der Waals surface area contributed by atoms with Gasteiger partial charge in [-0.15, -0.1) is 0 Å². The van der Waals surface area contributed by atoms with E-state index in [0.717, 1.165) is 5.67 Å². The van der Waals surface area contributed by atoms with Crippen molar-refractivity contribution < 1.29 is 17.5 Å². The topological polar surface area (TPSA) is 47.9 Å². The molecule has 9 heteroatoms. The Labute approximate surface area is 136 Å². The third-order valence-electron chi connectivity index (χ3n) is 3.72. The summed E-state index contributed by atoms with van der Waals surface area (Å²) in [5.41, 5.74) is 0.734. The van der Waals surface area contributed by atoms with Crippen LogP contribution in [0.3, 0.4) is 0 Å². The maximum atomic E-state index is 10.9. The quantitative estimate of drug-likeness (QED) is 0.647. The first-order chi connectivity index (χ1) is 8.93. The molecule has 21 heavy (non-hydrogen) atoms. The van der Waals surface area contributed by atoms with Crippen molar-refractivity contribution >= 4 is 40.9 Å². The Hall–Kier alpha value is 0.924. The van der Waals surface area contributed by atoms with E-state index >= 15 is 0 Å². The molecule has 0 saturated carbocycles. The van der Waals surface area contributed by atoms with Gasteiger partial charge in [-0.3, -0.25) is 0 Å². The molecule has 0 heterocycles. The zero-order valence-electron chi connectivity index (χ0n) is 15.9. The van der Waals surface area contributed by atoms with Crippen molar-refractivity contribution in [2.24, 2.45) is 0 Å². The van der Waals surface area contributed by atoms with Gasteiger partial charge in [-0.25, -0.2) is 0 Å². The molecule has 0 radical (unpaired) electrons. The third-order valence-corrected chi connectivity index (χ3v) is 33.0. The minimum absolute atomic E-state index is 0.734. The molecule has 0 aromatic carbocycles. The minimum Gasteiger partial charge on any atom is -0.437 e. The average molecular weight is 385 g/mol. The highest BCUT2D eigenvalue weighted by atomic mass is 29.3. The van der Waals surface area contributed by atoms with Crippen LogP contribution in [0.25, 0.3) is 0 Å². The maximum Gasteiger partial charge on any atom is 0.322 e. The third kappa shape index (κ3) is 7.84. The van der Waals surface area contributed by atoms with Gasteiger partial charge in [0.25, 0.3) is 0 Å². The fourth-order valence-corrected chi connectivity index (χ4v) is 32.1. The highest BCUT2D eigenvalue weighted by Crippen LogP contribution is 2.30. The molecule has 0 saturated heterocycles. The SMILES string of the molecule is CO[Si](C)(C[Si](C)(O)O[Si](C)(C)O[Si](C)(C)C)[Si](C)(C)C. The van der Waals surface area contributed by atoms with Gasteiger partial charge >= 0.3 is 17.1 Å². The van der Waals surface area contributed by atoms with Gasteiger partial charge in [0, 0.05) is 12.8 Å². The summed E-state index contributed by atoms with van der Waals surface area (Å²) in [7, 11) is -8.29. The Balaban J connectivity index is 5.07. The van der Waals surface area contributed by atoms with Gasteiger partial charge in [0.05, 0.1) is 7.59 Å². The van der Waals surface area contributed by atoms with Crippen molar-refractivity contribution in [1.29, 1.82) is 0 Å². The predicted octanol–water partition coefficient (Wildman–Crippen LogP) is 3.80. The lowest BCUT2D eigenvalue weighted by Crippen LogP contribution is -2.63. The number of rotatable bonds is 8. The summed E-state index contributed by atoms with van der Waals surface area (Å²) in [6, 6.07) is 0. The fourth-order valence-electron chi connectivity index (χ4n) is 2.59. The van der Waals surface area contributed by atoms with E-state index in [0.29, 0.717) is 0 Å². The fraction of sp³-hybridized carbons (Fsp3) is 1.00. The lowest BCUT2D eigenvalue weighted by atomic mass is 11.8. The second-order valence-electron chi connectivity index (χ2n) is 8.75. The molecule has 0 aliphatic rings. The molecule has 0 aromatic rings. The zero-order chi connectivity index (χ0) is 17.3. The van der Waals surface area contributed by atoms with Crippen molar-refractivity contribution in [2.75, 3.05) is 7.11 Å². The molecule has 0 aliphatic heterocycles. The van der Waals surface area contributed by atoms with Crippen LogP contribution in [-0.2, 0) is 12.7 Å². The molecule has 128 valence electrons. The number of hydrogen-bond donors (Lipinski definition) is 1. The summed E-state index contributed by atoms with van der Waals surface area (Å²) in [6.07, 6.45) is 0. The molecule has 1 N–H and O–H groups in total. The van der Waals surface area contributed by atoms with E-state index in [2.05, 4.69) is 45.8 Å². The van der Waals surface area contributed by atoms with Gasteiger partial charge in [-0.2, -0.15) is 0 Å². The highest BCUT2D eigenvalue weighted by Gasteiger charge is 2.51. The second-order valence-corrected chi connectivity index (χ2v) is 36.2. The summed E-state index contributed by atoms with van der Waals surface area (Å²) in [5.74, 6) is 0. The molecule has 4 nitrogen and oxygen atoms in total. The lowest BCUT2D eigenvalue weighted by Gasteiger charge is -2.42. The van der Waals surface area contributed by atoms with Crippen LogP contribution < -0.4 is 0 Å². The largest absolute Gasteiger partial charge is 0.437 e. The molecule has 0 amide bonds. The van der Waals surface area contributed by atoms with Gasteiger partial charge in [0.1, 0.15) is 0 Å². The van der Waals surface area contributed by atoms with E-state index in [1.807, 2.05) is 19.6 Å². The van der Waals surface area contributed by atoms with Gasteiger partial charge in [0.2, 0.25) is 0 Å². The summed E-state index contributed by atoms with van der Waals surface area (Å²) >= 11 is 0. The monoisotopic (exact) mass is 384 g/mol. The molecular formula is C12H36O4Si5. The van der Waals surface area contributed by atoms with Crippen LogP contribution in [0.4, 0.5) is 0 Å². The standard InChI is InChI=1S/C12H36O4Si5/c1-14-21(11,18(5,6)7)12-20(10,13)16-19(8,9)15-17(2,3)4/h13H,12H2,1-11H3. The van der Waals surface area contributed by atoms with Crippen molar-refractivity contribution in [3.05, 3.63) is 0 Å². The van der Waals surface area contributed by atoms with Gasteiger partial charge in [0.15, 0.2) is 16.2 Å². The molecule has 2 atom stereocenters. The zero-order valence-corrected chi connectivity index (χ0v) is 20.9. The van der Waals surface area contributed by atoms with Crippen molar-refractivity contribution in [3.63, 3.8) is 0 Å². The first kappa shape index (κ1) is 21.9. The highest BCUT2D eigenvalue weighted by molar-refractivity contribution is 7.40. The van der Waals surface area contributed by atoms with Crippen LogP contribution in [0.1, 0.15) is 0 Å². The molecule has 0 aliphatic carbocycles. The second kappa shape index (κ2) is 6.81. The van der Waals surface area contributed by atoms with Crippen molar-refractivity contribution in [2.45, 2.75) is 71.1 Å². The van der Waals surface area contributed by atoms with Crippen LogP contribution >= 0.6 is 0 Å². The Morgan fingerprint density at radius 3 is 1.48 bits per heavy atom. The van der Waals surface area contributed by atoms with Gasteiger partial charge in [-0.05, 0) is 45.8 Å². The number of hydrogen-bond acceptors (Lipinski definition) is 4. The maximum absolute atomic E-state index is 10.9. The Bertz CT molecular complexity index is 349. The van der Waals surface area contributed by atoms with E-state index in [-0.39, 0.29) is 0 Å². The summed E-state index contributed by atoms with van der Waals surface area (Å²) < 4.78 is 18.4. The first-order valence-corrected chi connectivity index (χ1v) is 23.5. The van der Waals surface area contributed by atoms with E-state index in [1.165, 1.54) is 0 Å². The average Bonchev–Trinajstić information content (AvgIpc) is 2.07. The van der Waals surface area contributed by atoms with Gasteiger partial charge in [-0.1, -0.05) is 19.6 Å². The van der Waals surface area contributed by atoms with Crippen LogP contribution in [0.15, 0.2) is 0 Å². The molecular weight excluding hydrogens is 349 g/mol. The van der Waals surface area contributed by atoms with E-state index in [9.17, 15) is 4.80 Å². The Kier molecular flexibility index (Phi) is 7.11. The summed E-state index contributed by atoms with van der Waals surface area (Å²) in [6.45, 7) is 21.7.